The maximum Gasteiger partial charge on any atom is 1.00 e. The van der Waals surface area contributed by atoms with Crippen LogP contribution in [0.5, 0.6) is 0 Å². The molecule has 0 radical (unpaired) electrons. The summed E-state index contributed by atoms with van der Waals surface area (Å²) in [4.78, 5) is 0. The van der Waals surface area contributed by atoms with Gasteiger partial charge in [0.05, 0.1) is 23.3 Å². The van der Waals surface area contributed by atoms with Crippen molar-refractivity contribution in [1.82, 2.24) is 0 Å². The van der Waals surface area contributed by atoms with E-state index >= 15 is 0 Å². The molecular weight excluding hydrogens is 335 g/mol. The summed E-state index contributed by atoms with van der Waals surface area (Å²) in [6.45, 7) is -0.865. The molecule has 0 bridgehead atoms. The van der Waals surface area contributed by atoms with Crippen molar-refractivity contribution in [3.63, 3.8) is 0 Å². The summed E-state index contributed by atoms with van der Waals surface area (Å²) in [5, 5.41) is 0. The van der Waals surface area contributed by atoms with Crippen molar-refractivity contribution >= 4 is 30.4 Å². The third-order valence-corrected chi connectivity index (χ3v) is 7.01. The van der Waals surface area contributed by atoms with Crippen LogP contribution in [-0.2, 0) is 38.7 Å². The SMILES string of the molecule is O=S(=O)([O-])CCCC1S(=O)(=O)OCCOS1(=O)=O.[Na+]. The van der Waals surface area contributed by atoms with E-state index in [1.165, 1.54) is 0 Å². The van der Waals surface area contributed by atoms with Crippen molar-refractivity contribution in [2.75, 3.05) is 19.0 Å². The van der Waals surface area contributed by atoms with Gasteiger partial charge in [0.25, 0.3) is 20.2 Å². The zero-order chi connectivity index (χ0) is 14.0. The topological polar surface area (TPSA) is 144 Å². The van der Waals surface area contributed by atoms with Gasteiger partial charge in [-0.1, -0.05) is 0 Å². The second-order valence-corrected chi connectivity index (χ2v) is 8.87. The van der Waals surface area contributed by atoms with Gasteiger partial charge < -0.3 is 4.55 Å². The predicted molar refractivity (Wildman–Crippen MR) is 57.3 cm³/mol. The van der Waals surface area contributed by atoms with Crippen LogP contribution in [0.4, 0.5) is 0 Å². The molecule has 9 nitrogen and oxygen atoms in total. The Kier molecular flexibility index (Phi) is 7.41. The fourth-order valence-electron chi connectivity index (χ4n) is 1.31. The number of rotatable bonds is 4. The smallest absolute Gasteiger partial charge is 0.748 e. The fourth-order valence-corrected chi connectivity index (χ4v) is 5.14. The molecule has 0 spiro atoms. The molecule has 0 amide bonds. The standard InChI is InChI=1S/C6H12O9S3.Na/c7-16(8,9)5-1-2-6-17(10,11)14-3-4-15-18(6,12)13;/h6H,1-5H2,(H,7,8,9);/q;+1/p-1. The van der Waals surface area contributed by atoms with Crippen molar-refractivity contribution in [3.05, 3.63) is 0 Å². The third kappa shape index (κ3) is 6.35. The molecule has 0 unspecified atom stereocenters. The molecule has 0 aliphatic carbocycles. The summed E-state index contributed by atoms with van der Waals surface area (Å²) in [5.41, 5.74) is 0. The van der Waals surface area contributed by atoms with Crippen molar-refractivity contribution in [1.29, 1.82) is 0 Å². The molecule has 13 heteroatoms. The summed E-state index contributed by atoms with van der Waals surface area (Å²) < 4.78 is 83.6. The first-order chi connectivity index (χ1) is 8.05. The summed E-state index contributed by atoms with van der Waals surface area (Å²) in [7, 11) is -13.3. The van der Waals surface area contributed by atoms with Gasteiger partial charge in [0.1, 0.15) is 0 Å². The molecule has 1 aliphatic rings. The van der Waals surface area contributed by atoms with Gasteiger partial charge in [0.15, 0.2) is 0 Å². The number of hydrogen-bond acceptors (Lipinski definition) is 9. The van der Waals surface area contributed by atoms with Crippen LogP contribution in [0.3, 0.4) is 0 Å². The van der Waals surface area contributed by atoms with Crippen LogP contribution in [0.25, 0.3) is 0 Å². The van der Waals surface area contributed by atoms with Crippen LogP contribution in [0, 0.1) is 0 Å². The molecule has 1 aliphatic heterocycles. The molecule has 19 heavy (non-hydrogen) atoms. The molecule has 0 aromatic heterocycles. The van der Waals surface area contributed by atoms with Crippen LogP contribution >= 0.6 is 0 Å². The molecule has 108 valence electrons. The summed E-state index contributed by atoms with van der Waals surface area (Å²) in [6, 6.07) is 0. The Hall–Kier alpha value is 0.730. The van der Waals surface area contributed by atoms with E-state index in [1.54, 1.807) is 0 Å². The molecule has 0 atom stereocenters. The Morgan fingerprint density at radius 2 is 1.47 bits per heavy atom. The Bertz CT molecular complexity index is 554. The second-order valence-electron chi connectivity index (χ2n) is 3.46. The average molecular weight is 346 g/mol. The Morgan fingerprint density at radius 3 is 1.84 bits per heavy atom. The minimum atomic E-state index is -4.53. The van der Waals surface area contributed by atoms with Crippen molar-refractivity contribution in [2.45, 2.75) is 17.4 Å². The average Bonchev–Trinajstić information content (AvgIpc) is 2.25. The van der Waals surface area contributed by atoms with Crippen LogP contribution in [0.2, 0.25) is 0 Å². The molecule has 1 heterocycles. The Labute approximate surface area is 133 Å². The van der Waals surface area contributed by atoms with Crippen LogP contribution < -0.4 is 29.6 Å². The molecule has 0 saturated carbocycles. The molecule has 0 aromatic rings. The van der Waals surface area contributed by atoms with Gasteiger partial charge in [-0.05, 0) is 12.8 Å². The quantitative estimate of drug-likeness (QED) is 0.279. The van der Waals surface area contributed by atoms with Crippen molar-refractivity contribution in [3.8, 4) is 0 Å². The van der Waals surface area contributed by atoms with Crippen LogP contribution in [-0.4, -0.2) is 53.4 Å². The van der Waals surface area contributed by atoms with E-state index < -0.39 is 66.7 Å². The zero-order valence-electron chi connectivity index (χ0n) is 10.0. The van der Waals surface area contributed by atoms with Crippen LogP contribution in [0.15, 0.2) is 0 Å². The van der Waals surface area contributed by atoms with E-state index in [4.69, 9.17) is 0 Å². The minimum Gasteiger partial charge on any atom is -0.748 e. The van der Waals surface area contributed by atoms with E-state index in [0.717, 1.165) is 0 Å². The number of hydrogen-bond donors (Lipinski definition) is 0. The van der Waals surface area contributed by atoms with Gasteiger partial charge in [-0.3, -0.25) is 8.37 Å². The van der Waals surface area contributed by atoms with E-state index in [9.17, 15) is 29.8 Å². The predicted octanol–water partition coefficient (Wildman–Crippen LogP) is -4.65. The van der Waals surface area contributed by atoms with Crippen molar-refractivity contribution < 1.29 is 67.7 Å². The first-order valence-electron chi connectivity index (χ1n) is 4.75. The molecule has 0 aromatic carbocycles. The summed E-state index contributed by atoms with van der Waals surface area (Å²) in [5.74, 6) is -0.853. The first-order valence-corrected chi connectivity index (χ1v) is 9.27. The van der Waals surface area contributed by atoms with E-state index in [1.807, 2.05) is 0 Å². The Morgan fingerprint density at radius 1 is 1.05 bits per heavy atom. The van der Waals surface area contributed by atoms with Gasteiger partial charge in [-0.2, -0.15) is 16.8 Å². The molecule has 1 fully saturated rings. The first kappa shape index (κ1) is 19.7. The monoisotopic (exact) mass is 346 g/mol. The largest absolute Gasteiger partial charge is 1.00 e. The fraction of sp³-hybridized carbons (Fsp3) is 1.00. The van der Waals surface area contributed by atoms with Gasteiger partial charge in [0, 0.05) is 5.75 Å². The second kappa shape index (κ2) is 7.13. The van der Waals surface area contributed by atoms with Gasteiger partial charge in [-0.25, -0.2) is 8.42 Å². The maximum atomic E-state index is 11.5. The summed E-state index contributed by atoms with van der Waals surface area (Å²) in [6.07, 6.45) is -0.992. The van der Waals surface area contributed by atoms with Gasteiger partial charge >= 0.3 is 29.6 Å². The van der Waals surface area contributed by atoms with Gasteiger partial charge in [-0.15, -0.1) is 0 Å². The summed E-state index contributed by atoms with van der Waals surface area (Å²) >= 11 is 0. The maximum absolute atomic E-state index is 11.5. The zero-order valence-corrected chi connectivity index (χ0v) is 14.5. The molecule has 0 N–H and O–H groups in total. The van der Waals surface area contributed by atoms with Gasteiger partial charge in [0.2, 0.25) is 4.58 Å². The molecule has 1 rings (SSSR count). The normalized spacial score (nSPS) is 23.2. The Balaban J connectivity index is 0.00000324. The van der Waals surface area contributed by atoms with E-state index in [2.05, 4.69) is 8.37 Å². The van der Waals surface area contributed by atoms with E-state index in [-0.39, 0.29) is 29.6 Å². The van der Waals surface area contributed by atoms with Crippen molar-refractivity contribution in [2.24, 2.45) is 0 Å². The van der Waals surface area contributed by atoms with E-state index in [0.29, 0.717) is 0 Å². The minimum absolute atomic E-state index is 0. The molecular formula is C6H11NaO9S3. The molecule has 1 saturated heterocycles. The third-order valence-electron chi connectivity index (χ3n) is 2.06. The van der Waals surface area contributed by atoms with Crippen LogP contribution in [0.1, 0.15) is 12.8 Å².